The molecule has 2 heterocycles. The summed E-state index contributed by atoms with van der Waals surface area (Å²) in [5.41, 5.74) is 6.27. The van der Waals surface area contributed by atoms with Crippen molar-refractivity contribution in [3.05, 3.63) is 24.0 Å². The van der Waals surface area contributed by atoms with Crippen LogP contribution in [0.15, 0.2) is 18.3 Å². The first-order valence-electron chi connectivity index (χ1n) is 8.02. The standard InChI is InChI=1S/C16H27N3O2/c1-2-9-18-10-3-5-15(18)16(20)19-11-6-14(7-12-19)21-13-4-8-17/h3,5,10,14H,2,4,6-9,11-13,17H2,1H3. The summed E-state index contributed by atoms with van der Waals surface area (Å²) in [6.07, 6.45) is 6.05. The van der Waals surface area contributed by atoms with E-state index < -0.39 is 0 Å². The summed E-state index contributed by atoms with van der Waals surface area (Å²) in [6.45, 7) is 5.98. The molecule has 21 heavy (non-hydrogen) atoms. The number of hydrogen-bond acceptors (Lipinski definition) is 3. The first-order chi connectivity index (χ1) is 10.3. The summed E-state index contributed by atoms with van der Waals surface area (Å²) in [7, 11) is 0. The molecule has 0 atom stereocenters. The molecule has 2 N–H and O–H groups in total. The Morgan fingerprint density at radius 2 is 2.19 bits per heavy atom. The van der Waals surface area contributed by atoms with Gasteiger partial charge in [-0.2, -0.15) is 0 Å². The fraction of sp³-hybridized carbons (Fsp3) is 0.688. The van der Waals surface area contributed by atoms with Crippen molar-refractivity contribution in [2.75, 3.05) is 26.2 Å². The molecule has 0 radical (unpaired) electrons. The zero-order valence-electron chi connectivity index (χ0n) is 13.0. The number of nitrogens with two attached hydrogens (primary N) is 1. The maximum Gasteiger partial charge on any atom is 0.270 e. The van der Waals surface area contributed by atoms with Crippen LogP contribution in [0.4, 0.5) is 0 Å². The number of nitrogens with zero attached hydrogens (tertiary/aromatic N) is 2. The van der Waals surface area contributed by atoms with E-state index in [2.05, 4.69) is 6.92 Å². The number of rotatable bonds is 7. The third-order valence-electron chi connectivity index (χ3n) is 3.94. The van der Waals surface area contributed by atoms with Crippen molar-refractivity contribution in [1.29, 1.82) is 0 Å². The molecule has 0 saturated carbocycles. The monoisotopic (exact) mass is 293 g/mol. The average molecular weight is 293 g/mol. The van der Waals surface area contributed by atoms with Gasteiger partial charge in [0.1, 0.15) is 5.69 Å². The Labute approximate surface area is 127 Å². The van der Waals surface area contributed by atoms with Gasteiger partial charge in [-0.25, -0.2) is 0 Å². The molecule has 0 unspecified atom stereocenters. The van der Waals surface area contributed by atoms with Gasteiger partial charge in [-0.1, -0.05) is 6.92 Å². The number of aromatic nitrogens is 1. The Kier molecular flexibility index (Phi) is 6.26. The molecule has 0 aromatic carbocycles. The van der Waals surface area contributed by atoms with Gasteiger partial charge >= 0.3 is 0 Å². The number of amides is 1. The van der Waals surface area contributed by atoms with Crippen LogP contribution in [0.1, 0.15) is 43.1 Å². The number of aryl methyl sites for hydroxylation is 1. The zero-order chi connectivity index (χ0) is 15.1. The molecule has 118 valence electrons. The van der Waals surface area contributed by atoms with E-state index in [0.717, 1.165) is 57.6 Å². The van der Waals surface area contributed by atoms with E-state index in [1.807, 2.05) is 27.8 Å². The van der Waals surface area contributed by atoms with E-state index in [0.29, 0.717) is 6.54 Å². The highest BCUT2D eigenvalue weighted by molar-refractivity contribution is 5.92. The number of carbonyl (C=O) groups excluding carboxylic acids is 1. The summed E-state index contributed by atoms with van der Waals surface area (Å²) in [5.74, 6) is 0.147. The van der Waals surface area contributed by atoms with Crippen LogP contribution in [0, 0.1) is 0 Å². The Hall–Kier alpha value is -1.33. The molecule has 0 bridgehead atoms. The van der Waals surface area contributed by atoms with Crippen LogP contribution in [0.25, 0.3) is 0 Å². The maximum absolute atomic E-state index is 12.6. The van der Waals surface area contributed by atoms with Gasteiger partial charge in [0.2, 0.25) is 0 Å². The van der Waals surface area contributed by atoms with Gasteiger partial charge in [0, 0.05) is 32.4 Å². The molecule has 1 aliphatic heterocycles. The fourth-order valence-electron chi connectivity index (χ4n) is 2.77. The molecule has 5 nitrogen and oxygen atoms in total. The van der Waals surface area contributed by atoms with E-state index in [1.165, 1.54) is 0 Å². The topological polar surface area (TPSA) is 60.5 Å². The minimum absolute atomic E-state index is 0.147. The number of piperidine rings is 1. The Morgan fingerprint density at radius 1 is 1.43 bits per heavy atom. The van der Waals surface area contributed by atoms with Crippen molar-refractivity contribution < 1.29 is 9.53 Å². The predicted molar refractivity (Wildman–Crippen MR) is 83.3 cm³/mol. The molecule has 1 saturated heterocycles. The molecule has 1 amide bonds. The van der Waals surface area contributed by atoms with Crippen LogP contribution >= 0.6 is 0 Å². The molecule has 1 fully saturated rings. The lowest BCUT2D eigenvalue weighted by atomic mass is 10.1. The third-order valence-corrected chi connectivity index (χ3v) is 3.94. The fourth-order valence-corrected chi connectivity index (χ4v) is 2.77. The summed E-state index contributed by atoms with van der Waals surface area (Å²) in [5, 5.41) is 0. The lowest BCUT2D eigenvalue weighted by Crippen LogP contribution is -2.41. The first kappa shape index (κ1) is 16.0. The number of hydrogen-bond donors (Lipinski definition) is 1. The third kappa shape index (κ3) is 4.32. The quantitative estimate of drug-likeness (QED) is 0.781. The van der Waals surface area contributed by atoms with E-state index in [4.69, 9.17) is 10.5 Å². The molecule has 1 aromatic rings. The van der Waals surface area contributed by atoms with Crippen LogP contribution in [-0.2, 0) is 11.3 Å². The lowest BCUT2D eigenvalue weighted by Gasteiger charge is -2.32. The van der Waals surface area contributed by atoms with Crippen LogP contribution < -0.4 is 5.73 Å². The molecular weight excluding hydrogens is 266 g/mol. The second kappa shape index (κ2) is 8.20. The van der Waals surface area contributed by atoms with Gasteiger partial charge < -0.3 is 19.9 Å². The Balaban J connectivity index is 1.84. The summed E-state index contributed by atoms with van der Waals surface area (Å²) < 4.78 is 7.83. The van der Waals surface area contributed by atoms with Crippen LogP contribution in [0.3, 0.4) is 0 Å². The molecule has 2 rings (SSSR count). The van der Waals surface area contributed by atoms with Crippen molar-refractivity contribution in [2.45, 2.75) is 45.3 Å². The Morgan fingerprint density at radius 3 is 2.86 bits per heavy atom. The van der Waals surface area contributed by atoms with Crippen LogP contribution in [0.5, 0.6) is 0 Å². The molecule has 5 heteroatoms. The van der Waals surface area contributed by atoms with Crippen molar-refractivity contribution in [3.63, 3.8) is 0 Å². The molecular formula is C16H27N3O2. The van der Waals surface area contributed by atoms with Crippen molar-refractivity contribution in [3.8, 4) is 0 Å². The van der Waals surface area contributed by atoms with Gasteiger partial charge in [0.05, 0.1) is 6.10 Å². The molecule has 0 spiro atoms. The predicted octanol–water partition coefficient (Wildman–Crippen LogP) is 1.87. The largest absolute Gasteiger partial charge is 0.378 e. The number of ether oxygens (including phenoxy) is 1. The van der Waals surface area contributed by atoms with Gasteiger partial charge in [0.25, 0.3) is 5.91 Å². The van der Waals surface area contributed by atoms with Gasteiger partial charge in [-0.05, 0) is 44.4 Å². The van der Waals surface area contributed by atoms with Gasteiger partial charge in [-0.15, -0.1) is 0 Å². The lowest BCUT2D eigenvalue weighted by molar-refractivity contribution is 0.00817. The smallest absolute Gasteiger partial charge is 0.270 e. The van der Waals surface area contributed by atoms with Crippen molar-refractivity contribution in [2.24, 2.45) is 5.73 Å². The molecule has 1 aliphatic rings. The van der Waals surface area contributed by atoms with Crippen LogP contribution in [-0.4, -0.2) is 47.7 Å². The first-order valence-corrected chi connectivity index (χ1v) is 8.02. The summed E-state index contributed by atoms with van der Waals surface area (Å²) in [6, 6.07) is 3.87. The second-order valence-corrected chi connectivity index (χ2v) is 5.59. The highest BCUT2D eigenvalue weighted by Crippen LogP contribution is 2.17. The number of carbonyl (C=O) groups is 1. The van der Waals surface area contributed by atoms with Gasteiger partial charge in [0.15, 0.2) is 0 Å². The zero-order valence-corrected chi connectivity index (χ0v) is 13.0. The van der Waals surface area contributed by atoms with Gasteiger partial charge in [-0.3, -0.25) is 4.79 Å². The van der Waals surface area contributed by atoms with E-state index in [1.54, 1.807) is 0 Å². The normalized spacial score (nSPS) is 16.4. The highest BCUT2D eigenvalue weighted by atomic mass is 16.5. The van der Waals surface area contributed by atoms with E-state index in [-0.39, 0.29) is 12.0 Å². The van der Waals surface area contributed by atoms with Crippen molar-refractivity contribution >= 4 is 5.91 Å². The minimum Gasteiger partial charge on any atom is -0.378 e. The van der Waals surface area contributed by atoms with Crippen LogP contribution in [0.2, 0.25) is 0 Å². The highest BCUT2D eigenvalue weighted by Gasteiger charge is 2.25. The summed E-state index contributed by atoms with van der Waals surface area (Å²) >= 11 is 0. The minimum atomic E-state index is 0.147. The number of likely N-dealkylation sites (tertiary alicyclic amines) is 1. The second-order valence-electron chi connectivity index (χ2n) is 5.59. The summed E-state index contributed by atoms with van der Waals surface area (Å²) in [4.78, 5) is 14.5. The van der Waals surface area contributed by atoms with E-state index in [9.17, 15) is 4.79 Å². The van der Waals surface area contributed by atoms with Crippen molar-refractivity contribution in [1.82, 2.24) is 9.47 Å². The van der Waals surface area contributed by atoms with E-state index >= 15 is 0 Å². The molecule has 0 aliphatic carbocycles. The maximum atomic E-state index is 12.6. The SMILES string of the molecule is CCCn1cccc1C(=O)N1CCC(OCCCN)CC1. The Bertz CT molecular complexity index is 436. The average Bonchev–Trinajstić information content (AvgIpc) is 2.96. The molecule has 1 aromatic heterocycles.